The molecule has 0 bridgehead atoms. The molecule has 0 aliphatic carbocycles. The standard InChI is InChI=1S/C17H16F2N2O3S/c18-12-7-8-14(19)16(11-12)25(23,24)20-15-6-2-1-5-13(15)17(22)21-9-3-4-10-21/h1-2,5-8,11,20H,3-4,9-10H2. The lowest BCUT2D eigenvalue weighted by atomic mass is 10.1. The number of anilines is 1. The van der Waals surface area contributed by atoms with Crippen molar-refractivity contribution < 1.29 is 22.0 Å². The van der Waals surface area contributed by atoms with Crippen molar-refractivity contribution in [3.05, 3.63) is 59.7 Å². The fourth-order valence-corrected chi connectivity index (χ4v) is 3.90. The van der Waals surface area contributed by atoms with Crippen LogP contribution in [0, 0.1) is 11.6 Å². The molecular weight excluding hydrogens is 350 g/mol. The number of benzene rings is 2. The van der Waals surface area contributed by atoms with Gasteiger partial charge in [0.05, 0.1) is 11.3 Å². The molecule has 0 atom stereocenters. The number of carbonyl (C=O) groups excluding carboxylic acids is 1. The highest BCUT2D eigenvalue weighted by Gasteiger charge is 2.25. The van der Waals surface area contributed by atoms with E-state index in [4.69, 9.17) is 0 Å². The normalized spacial score (nSPS) is 14.6. The number of halogens is 2. The first-order chi connectivity index (χ1) is 11.9. The predicted molar refractivity (Wildman–Crippen MR) is 88.7 cm³/mol. The van der Waals surface area contributed by atoms with Gasteiger partial charge in [0.25, 0.3) is 15.9 Å². The summed E-state index contributed by atoms with van der Waals surface area (Å²) >= 11 is 0. The molecule has 132 valence electrons. The fourth-order valence-electron chi connectivity index (χ4n) is 2.73. The fraction of sp³-hybridized carbons (Fsp3) is 0.235. The van der Waals surface area contributed by atoms with E-state index in [0.717, 1.165) is 25.0 Å². The van der Waals surface area contributed by atoms with Crippen molar-refractivity contribution in [3.8, 4) is 0 Å². The van der Waals surface area contributed by atoms with Gasteiger partial charge in [-0.1, -0.05) is 12.1 Å². The SMILES string of the molecule is O=C(c1ccccc1NS(=O)(=O)c1cc(F)ccc1F)N1CCCC1. The maximum Gasteiger partial charge on any atom is 0.264 e. The zero-order chi connectivity index (χ0) is 18.0. The van der Waals surface area contributed by atoms with Gasteiger partial charge in [0, 0.05) is 13.1 Å². The second kappa shape index (κ2) is 6.79. The summed E-state index contributed by atoms with van der Waals surface area (Å²) < 4.78 is 54.2. The first kappa shape index (κ1) is 17.3. The van der Waals surface area contributed by atoms with E-state index in [0.29, 0.717) is 19.2 Å². The molecule has 1 aliphatic rings. The highest BCUT2D eigenvalue weighted by Crippen LogP contribution is 2.24. The van der Waals surface area contributed by atoms with Gasteiger partial charge >= 0.3 is 0 Å². The van der Waals surface area contributed by atoms with Crippen molar-refractivity contribution in [3.63, 3.8) is 0 Å². The van der Waals surface area contributed by atoms with E-state index in [1.54, 1.807) is 17.0 Å². The number of nitrogens with one attached hydrogen (secondary N) is 1. The van der Waals surface area contributed by atoms with Crippen LogP contribution in [-0.2, 0) is 10.0 Å². The smallest absolute Gasteiger partial charge is 0.264 e. The molecule has 5 nitrogen and oxygen atoms in total. The summed E-state index contributed by atoms with van der Waals surface area (Å²) in [5, 5.41) is 0. The van der Waals surface area contributed by atoms with Gasteiger partial charge in [0.2, 0.25) is 0 Å². The predicted octanol–water partition coefficient (Wildman–Crippen LogP) is 3.00. The number of carbonyl (C=O) groups is 1. The minimum Gasteiger partial charge on any atom is -0.339 e. The molecule has 3 rings (SSSR count). The van der Waals surface area contributed by atoms with Crippen LogP contribution in [0.2, 0.25) is 0 Å². The molecular formula is C17H16F2N2O3S. The molecule has 25 heavy (non-hydrogen) atoms. The minimum atomic E-state index is -4.38. The molecule has 2 aromatic carbocycles. The number of likely N-dealkylation sites (tertiary alicyclic amines) is 1. The summed E-state index contributed by atoms with van der Waals surface area (Å²) in [5.74, 6) is -2.24. The monoisotopic (exact) mass is 366 g/mol. The first-order valence-corrected chi connectivity index (χ1v) is 9.23. The van der Waals surface area contributed by atoms with Crippen molar-refractivity contribution in [1.29, 1.82) is 0 Å². The van der Waals surface area contributed by atoms with Crippen LogP contribution in [-0.4, -0.2) is 32.3 Å². The van der Waals surface area contributed by atoms with E-state index in [2.05, 4.69) is 4.72 Å². The van der Waals surface area contributed by atoms with Crippen LogP contribution in [0.25, 0.3) is 0 Å². The maximum absolute atomic E-state index is 13.8. The van der Waals surface area contributed by atoms with Gasteiger partial charge in [-0.15, -0.1) is 0 Å². The molecule has 0 radical (unpaired) electrons. The second-order valence-corrected chi connectivity index (χ2v) is 7.38. The molecule has 8 heteroatoms. The minimum absolute atomic E-state index is 0.0306. The molecule has 1 saturated heterocycles. The van der Waals surface area contributed by atoms with Crippen molar-refractivity contribution in [1.82, 2.24) is 4.90 Å². The summed E-state index contributed by atoms with van der Waals surface area (Å²) in [6.07, 6.45) is 1.79. The van der Waals surface area contributed by atoms with Gasteiger partial charge in [-0.3, -0.25) is 9.52 Å². The highest BCUT2D eigenvalue weighted by molar-refractivity contribution is 7.92. The van der Waals surface area contributed by atoms with Crippen LogP contribution in [0.1, 0.15) is 23.2 Å². The van der Waals surface area contributed by atoms with E-state index in [-0.39, 0.29) is 17.2 Å². The Labute approximate surface area is 144 Å². The van der Waals surface area contributed by atoms with Crippen molar-refractivity contribution in [2.75, 3.05) is 17.8 Å². The van der Waals surface area contributed by atoms with E-state index < -0.39 is 26.6 Å². The van der Waals surface area contributed by atoms with Crippen molar-refractivity contribution in [2.24, 2.45) is 0 Å². The van der Waals surface area contributed by atoms with Crippen LogP contribution >= 0.6 is 0 Å². The van der Waals surface area contributed by atoms with Crippen LogP contribution in [0.5, 0.6) is 0 Å². The summed E-state index contributed by atoms with van der Waals surface area (Å²) in [4.78, 5) is 13.4. The number of para-hydroxylation sites is 1. The molecule has 0 unspecified atom stereocenters. The third-order valence-electron chi connectivity index (χ3n) is 3.98. The Bertz CT molecular complexity index is 910. The molecule has 1 fully saturated rings. The van der Waals surface area contributed by atoms with Crippen molar-refractivity contribution in [2.45, 2.75) is 17.7 Å². The van der Waals surface area contributed by atoms with Crippen LogP contribution in [0.4, 0.5) is 14.5 Å². The Morgan fingerprint density at radius 1 is 1.04 bits per heavy atom. The Kier molecular flexibility index (Phi) is 4.71. The van der Waals surface area contributed by atoms with Gasteiger partial charge in [-0.25, -0.2) is 17.2 Å². The van der Waals surface area contributed by atoms with E-state index in [1.807, 2.05) is 0 Å². The molecule has 0 spiro atoms. The largest absolute Gasteiger partial charge is 0.339 e. The Balaban J connectivity index is 1.95. The van der Waals surface area contributed by atoms with Gasteiger partial charge in [0.1, 0.15) is 16.5 Å². The average molecular weight is 366 g/mol. The van der Waals surface area contributed by atoms with Gasteiger partial charge in [0.15, 0.2) is 0 Å². The first-order valence-electron chi connectivity index (χ1n) is 7.75. The zero-order valence-corrected chi connectivity index (χ0v) is 14.0. The third-order valence-corrected chi connectivity index (χ3v) is 5.36. The lowest BCUT2D eigenvalue weighted by Gasteiger charge is -2.18. The Morgan fingerprint density at radius 3 is 2.44 bits per heavy atom. The van der Waals surface area contributed by atoms with E-state index in [1.165, 1.54) is 12.1 Å². The molecule has 1 heterocycles. The quantitative estimate of drug-likeness (QED) is 0.905. The number of sulfonamides is 1. The maximum atomic E-state index is 13.8. The third kappa shape index (κ3) is 3.63. The molecule has 0 aromatic heterocycles. The number of hydrogen-bond donors (Lipinski definition) is 1. The highest BCUT2D eigenvalue weighted by atomic mass is 32.2. The molecule has 1 aliphatic heterocycles. The number of rotatable bonds is 4. The Hall–Kier alpha value is -2.48. The molecule has 0 saturated carbocycles. The van der Waals surface area contributed by atoms with E-state index in [9.17, 15) is 22.0 Å². The van der Waals surface area contributed by atoms with Crippen LogP contribution < -0.4 is 4.72 Å². The lowest BCUT2D eigenvalue weighted by molar-refractivity contribution is 0.0794. The summed E-state index contributed by atoms with van der Waals surface area (Å²) in [5.41, 5.74) is 0.202. The van der Waals surface area contributed by atoms with Crippen LogP contribution in [0.3, 0.4) is 0 Å². The molecule has 1 amide bonds. The van der Waals surface area contributed by atoms with Gasteiger partial charge in [-0.2, -0.15) is 0 Å². The number of amides is 1. The second-order valence-electron chi connectivity index (χ2n) is 5.73. The topological polar surface area (TPSA) is 66.5 Å². The molecule has 2 aromatic rings. The Morgan fingerprint density at radius 2 is 1.72 bits per heavy atom. The molecule has 1 N–H and O–H groups in total. The number of hydrogen-bond acceptors (Lipinski definition) is 3. The summed E-state index contributed by atoms with van der Waals surface area (Å²) in [7, 11) is -4.38. The van der Waals surface area contributed by atoms with Gasteiger partial charge in [-0.05, 0) is 43.2 Å². The summed E-state index contributed by atoms with van der Waals surface area (Å²) in [6.45, 7) is 1.22. The summed E-state index contributed by atoms with van der Waals surface area (Å²) in [6, 6.07) is 8.26. The number of nitrogens with zero attached hydrogens (tertiary/aromatic N) is 1. The van der Waals surface area contributed by atoms with Crippen LogP contribution in [0.15, 0.2) is 47.4 Å². The lowest BCUT2D eigenvalue weighted by Crippen LogP contribution is -2.29. The van der Waals surface area contributed by atoms with Gasteiger partial charge < -0.3 is 4.90 Å². The van der Waals surface area contributed by atoms with Crippen molar-refractivity contribution >= 4 is 21.6 Å². The zero-order valence-electron chi connectivity index (χ0n) is 13.2. The average Bonchev–Trinajstić information content (AvgIpc) is 3.11. The van der Waals surface area contributed by atoms with E-state index >= 15 is 0 Å².